The fourth-order valence-corrected chi connectivity index (χ4v) is 2.47. The summed E-state index contributed by atoms with van der Waals surface area (Å²) in [6, 6.07) is 10.1. The zero-order valence-corrected chi connectivity index (χ0v) is 10.9. The summed E-state index contributed by atoms with van der Waals surface area (Å²) in [4.78, 5) is 8.89. The summed E-state index contributed by atoms with van der Waals surface area (Å²) in [6.07, 6.45) is 2.62. The molecule has 1 aliphatic heterocycles. The first kappa shape index (κ1) is 11.5. The molecule has 0 aliphatic carbocycles. The van der Waals surface area contributed by atoms with Crippen molar-refractivity contribution in [2.45, 2.75) is 6.42 Å². The number of hydrogen-bond acceptors (Lipinski definition) is 5. The van der Waals surface area contributed by atoms with Gasteiger partial charge in [-0.3, -0.25) is 4.98 Å². The second-order valence-corrected chi connectivity index (χ2v) is 5.12. The monoisotopic (exact) mass is 266 g/mol. The Morgan fingerprint density at radius 3 is 2.95 bits per heavy atom. The molecule has 1 aliphatic rings. The van der Waals surface area contributed by atoms with Crippen LogP contribution in [0.5, 0.6) is 0 Å². The van der Waals surface area contributed by atoms with Crippen LogP contribution in [-0.2, 0) is 6.42 Å². The molecule has 0 radical (unpaired) electrons. The lowest BCUT2D eigenvalue weighted by atomic mass is 10.00. The molecule has 4 rings (SSSR count). The minimum atomic E-state index is 0.573. The van der Waals surface area contributed by atoms with Crippen LogP contribution in [0.2, 0.25) is 0 Å². The van der Waals surface area contributed by atoms with E-state index in [1.807, 2.05) is 24.3 Å². The second-order valence-electron chi connectivity index (χ2n) is 5.12. The molecular formula is C15H14N4O. The highest BCUT2D eigenvalue weighted by molar-refractivity contribution is 5.92. The van der Waals surface area contributed by atoms with Crippen molar-refractivity contribution in [3.63, 3.8) is 0 Å². The van der Waals surface area contributed by atoms with Crippen LogP contribution < -0.4 is 5.32 Å². The Kier molecular flexibility index (Phi) is 2.70. The van der Waals surface area contributed by atoms with Gasteiger partial charge in [-0.2, -0.15) is 4.98 Å². The van der Waals surface area contributed by atoms with Crippen molar-refractivity contribution >= 4 is 10.8 Å². The van der Waals surface area contributed by atoms with Crippen LogP contribution in [0, 0.1) is 5.92 Å². The molecule has 1 N–H and O–H groups in total. The van der Waals surface area contributed by atoms with Crippen molar-refractivity contribution in [1.82, 2.24) is 20.4 Å². The summed E-state index contributed by atoms with van der Waals surface area (Å²) in [5.74, 6) is 1.88. The van der Waals surface area contributed by atoms with Gasteiger partial charge in [-0.15, -0.1) is 0 Å². The molecule has 5 heteroatoms. The van der Waals surface area contributed by atoms with Crippen LogP contribution >= 0.6 is 0 Å². The number of fused-ring (bicyclic) bond motifs is 1. The lowest BCUT2D eigenvalue weighted by Gasteiger charge is -2.25. The van der Waals surface area contributed by atoms with Crippen molar-refractivity contribution in [3.05, 3.63) is 42.4 Å². The number of aromatic nitrogens is 3. The van der Waals surface area contributed by atoms with Gasteiger partial charge in [-0.05, 0) is 30.5 Å². The highest BCUT2D eigenvalue weighted by Gasteiger charge is 2.21. The molecule has 2 aromatic heterocycles. The Hall–Kier alpha value is -2.27. The van der Waals surface area contributed by atoms with Crippen molar-refractivity contribution in [2.24, 2.45) is 5.92 Å². The number of nitrogens with one attached hydrogen (secondary N) is 1. The summed E-state index contributed by atoms with van der Waals surface area (Å²) in [6.45, 7) is 2.06. The maximum absolute atomic E-state index is 5.35. The first-order valence-corrected chi connectivity index (χ1v) is 6.77. The zero-order chi connectivity index (χ0) is 13.4. The minimum absolute atomic E-state index is 0.573. The van der Waals surface area contributed by atoms with Crippen LogP contribution in [0.1, 0.15) is 5.89 Å². The fraction of sp³-hybridized carbons (Fsp3) is 0.267. The first-order valence-electron chi connectivity index (χ1n) is 6.77. The van der Waals surface area contributed by atoms with Gasteiger partial charge in [0.15, 0.2) is 0 Å². The van der Waals surface area contributed by atoms with Gasteiger partial charge in [0.05, 0.1) is 0 Å². The summed E-state index contributed by atoms with van der Waals surface area (Å²) in [5.41, 5.74) is 0.782. The van der Waals surface area contributed by atoms with Crippen LogP contribution in [-0.4, -0.2) is 28.2 Å². The van der Waals surface area contributed by atoms with Gasteiger partial charge < -0.3 is 9.84 Å². The van der Waals surface area contributed by atoms with E-state index in [1.54, 1.807) is 6.20 Å². The highest BCUT2D eigenvalue weighted by atomic mass is 16.5. The standard InChI is InChI=1S/C15H14N4O/c1-2-4-12-11(3-1)5-6-17-14(12)15-18-13(20-19-15)7-10-8-16-9-10/h1-6,10,16H,7-9H2. The van der Waals surface area contributed by atoms with E-state index in [4.69, 9.17) is 4.52 Å². The van der Waals surface area contributed by atoms with E-state index < -0.39 is 0 Å². The van der Waals surface area contributed by atoms with Crippen molar-refractivity contribution in [1.29, 1.82) is 0 Å². The molecule has 1 aromatic carbocycles. The zero-order valence-electron chi connectivity index (χ0n) is 10.9. The van der Waals surface area contributed by atoms with E-state index in [-0.39, 0.29) is 0 Å². The fourth-order valence-electron chi connectivity index (χ4n) is 2.47. The van der Waals surface area contributed by atoms with Gasteiger partial charge >= 0.3 is 0 Å². The maximum Gasteiger partial charge on any atom is 0.227 e. The molecule has 0 atom stereocenters. The van der Waals surface area contributed by atoms with Crippen molar-refractivity contribution in [3.8, 4) is 11.5 Å². The third-order valence-corrected chi connectivity index (χ3v) is 3.68. The maximum atomic E-state index is 5.35. The van der Waals surface area contributed by atoms with E-state index in [9.17, 15) is 0 Å². The lowest BCUT2D eigenvalue weighted by molar-refractivity contribution is 0.296. The predicted octanol–water partition coefficient (Wildman–Crippen LogP) is 2.05. The van der Waals surface area contributed by atoms with Gasteiger partial charge in [0, 0.05) is 18.0 Å². The van der Waals surface area contributed by atoms with Gasteiger partial charge in [0.1, 0.15) is 5.69 Å². The summed E-state index contributed by atoms with van der Waals surface area (Å²) >= 11 is 0. The molecule has 20 heavy (non-hydrogen) atoms. The molecule has 3 heterocycles. The molecule has 0 saturated carbocycles. The van der Waals surface area contributed by atoms with Crippen molar-refractivity contribution in [2.75, 3.05) is 13.1 Å². The van der Waals surface area contributed by atoms with Crippen LogP contribution in [0.25, 0.3) is 22.3 Å². The second kappa shape index (κ2) is 4.68. The highest BCUT2D eigenvalue weighted by Crippen LogP contribution is 2.24. The smallest absolute Gasteiger partial charge is 0.227 e. The average molecular weight is 266 g/mol. The van der Waals surface area contributed by atoms with Crippen molar-refractivity contribution < 1.29 is 4.52 Å². The predicted molar refractivity (Wildman–Crippen MR) is 75.1 cm³/mol. The quantitative estimate of drug-likeness (QED) is 0.786. The number of pyridine rings is 1. The van der Waals surface area contributed by atoms with E-state index in [2.05, 4.69) is 26.5 Å². The minimum Gasteiger partial charge on any atom is -0.339 e. The van der Waals surface area contributed by atoms with E-state index >= 15 is 0 Å². The largest absolute Gasteiger partial charge is 0.339 e. The van der Waals surface area contributed by atoms with E-state index in [0.29, 0.717) is 17.6 Å². The summed E-state index contributed by atoms with van der Waals surface area (Å²) in [5, 5.41) is 9.50. The number of rotatable bonds is 3. The summed E-state index contributed by atoms with van der Waals surface area (Å²) < 4.78 is 5.35. The topological polar surface area (TPSA) is 63.8 Å². The molecule has 0 spiro atoms. The molecule has 0 amide bonds. The average Bonchev–Trinajstić information content (AvgIpc) is 2.91. The molecule has 3 aromatic rings. The van der Waals surface area contributed by atoms with Crippen LogP contribution in [0.15, 0.2) is 41.1 Å². The Balaban J connectivity index is 1.71. The Labute approximate surface area is 116 Å². The summed E-state index contributed by atoms with van der Waals surface area (Å²) in [7, 11) is 0. The lowest BCUT2D eigenvalue weighted by Crippen LogP contribution is -2.43. The molecule has 1 saturated heterocycles. The van der Waals surface area contributed by atoms with Gasteiger partial charge in [0.25, 0.3) is 0 Å². The molecule has 5 nitrogen and oxygen atoms in total. The van der Waals surface area contributed by atoms with E-state index in [0.717, 1.165) is 36.0 Å². The molecule has 0 bridgehead atoms. The third-order valence-electron chi connectivity index (χ3n) is 3.68. The molecule has 100 valence electrons. The normalized spacial score (nSPS) is 15.4. The Morgan fingerprint density at radius 1 is 1.20 bits per heavy atom. The van der Waals surface area contributed by atoms with Crippen LogP contribution in [0.3, 0.4) is 0 Å². The number of nitrogens with zero attached hydrogens (tertiary/aromatic N) is 3. The SMILES string of the molecule is c1ccc2c(-c3noc(CC4CNC4)n3)nccc2c1. The first-order chi connectivity index (χ1) is 9.90. The number of hydrogen-bond donors (Lipinski definition) is 1. The van der Waals surface area contributed by atoms with Crippen LogP contribution in [0.4, 0.5) is 0 Å². The van der Waals surface area contributed by atoms with Gasteiger partial charge in [0.2, 0.25) is 11.7 Å². The number of benzene rings is 1. The van der Waals surface area contributed by atoms with Gasteiger partial charge in [-0.25, -0.2) is 0 Å². The molecular weight excluding hydrogens is 252 g/mol. The Bertz CT molecular complexity index is 743. The molecule has 1 fully saturated rings. The Morgan fingerprint density at radius 2 is 2.10 bits per heavy atom. The van der Waals surface area contributed by atoms with E-state index in [1.165, 1.54) is 0 Å². The molecule has 0 unspecified atom stereocenters. The third kappa shape index (κ3) is 1.96. The van der Waals surface area contributed by atoms with Gasteiger partial charge in [-0.1, -0.05) is 29.4 Å².